The molecule has 2 fully saturated rings. The molecule has 6 nitrogen and oxygen atoms in total. The van der Waals surface area contributed by atoms with E-state index in [0.717, 1.165) is 56.7 Å². The molecule has 0 radical (unpaired) electrons. The van der Waals surface area contributed by atoms with Crippen LogP contribution in [-0.2, 0) is 15.9 Å². The van der Waals surface area contributed by atoms with Crippen molar-refractivity contribution in [2.24, 2.45) is 0 Å². The molecule has 2 aliphatic rings. The number of likely N-dealkylation sites (tertiary alicyclic amines) is 2. The van der Waals surface area contributed by atoms with Crippen molar-refractivity contribution in [1.82, 2.24) is 9.80 Å². The van der Waals surface area contributed by atoms with Crippen LogP contribution in [0.2, 0.25) is 0 Å². The van der Waals surface area contributed by atoms with Gasteiger partial charge in [-0.15, -0.1) is 0 Å². The van der Waals surface area contributed by atoms with Crippen molar-refractivity contribution in [3.05, 3.63) is 29.6 Å². The van der Waals surface area contributed by atoms with Crippen molar-refractivity contribution in [2.75, 3.05) is 51.8 Å². The molecule has 0 unspecified atom stereocenters. The lowest BCUT2D eigenvalue weighted by Crippen LogP contribution is -2.53. The first-order valence-corrected chi connectivity index (χ1v) is 10.7. The lowest BCUT2D eigenvalue weighted by atomic mass is 9.93. The van der Waals surface area contributed by atoms with Gasteiger partial charge in [0.05, 0.1) is 13.2 Å². The van der Waals surface area contributed by atoms with Crippen molar-refractivity contribution >= 4 is 11.8 Å². The van der Waals surface area contributed by atoms with E-state index in [9.17, 15) is 9.18 Å². The summed E-state index contributed by atoms with van der Waals surface area (Å²) in [5, 5.41) is 3.62. The second kappa shape index (κ2) is 9.76. The van der Waals surface area contributed by atoms with E-state index in [0.29, 0.717) is 25.7 Å². The van der Waals surface area contributed by atoms with E-state index in [1.54, 1.807) is 13.2 Å². The quantitative estimate of drug-likeness (QED) is 0.750. The summed E-state index contributed by atoms with van der Waals surface area (Å²) in [5.74, 6) is -0.211. The van der Waals surface area contributed by atoms with E-state index in [1.165, 1.54) is 6.07 Å². The van der Waals surface area contributed by atoms with Gasteiger partial charge in [0.2, 0.25) is 0 Å². The van der Waals surface area contributed by atoms with Gasteiger partial charge in [0.15, 0.2) is 0 Å². The lowest BCUT2D eigenvalue weighted by Gasteiger charge is -2.43. The average molecular weight is 408 g/mol. The van der Waals surface area contributed by atoms with Crippen LogP contribution in [0.1, 0.15) is 38.7 Å². The fourth-order valence-electron chi connectivity index (χ4n) is 4.48. The van der Waals surface area contributed by atoms with Gasteiger partial charge < -0.3 is 19.7 Å². The zero-order valence-electron chi connectivity index (χ0n) is 17.9. The predicted molar refractivity (Wildman–Crippen MR) is 112 cm³/mol. The number of benzene rings is 1. The highest BCUT2D eigenvalue weighted by Crippen LogP contribution is 2.31. The molecule has 3 rings (SSSR count). The van der Waals surface area contributed by atoms with Gasteiger partial charge >= 0.3 is 6.09 Å². The van der Waals surface area contributed by atoms with Crippen LogP contribution in [0, 0.1) is 5.82 Å². The Balaban J connectivity index is 1.54. The number of halogens is 1. The number of piperidine rings is 1. The Morgan fingerprint density at radius 1 is 1.31 bits per heavy atom. The summed E-state index contributed by atoms with van der Waals surface area (Å²) < 4.78 is 24.0. The van der Waals surface area contributed by atoms with E-state index >= 15 is 0 Å². The second-order valence-corrected chi connectivity index (χ2v) is 8.32. The van der Waals surface area contributed by atoms with E-state index in [4.69, 9.17) is 9.47 Å². The third-order valence-corrected chi connectivity index (χ3v) is 6.24. The highest BCUT2D eigenvalue weighted by molar-refractivity contribution is 5.68. The number of anilines is 1. The topological polar surface area (TPSA) is 54.0 Å². The maximum Gasteiger partial charge on any atom is 0.409 e. The Hall–Kier alpha value is -1.86. The molecule has 1 aromatic rings. The van der Waals surface area contributed by atoms with E-state index in [1.807, 2.05) is 17.9 Å². The molecule has 1 aromatic carbocycles. The third kappa shape index (κ3) is 5.39. The fourth-order valence-corrected chi connectivity index (χ4v) is 4.48. The van der Waals surface area contributed by atoms with E-state index in [-0.39, 0.29) is 17.4 Å². The zero-order chi connectivity index (χ0) is 20.9. The third-order valence-electron chi connectivity index (χ3n) is 6.24. The van der Waals surface area contributed by atoms with Crippen molar-refractivity contribution in [2.45, 2.75) is 51.1 Å². The molecule has 1 amide bonds. The molecular formula is C22H34FN3O3. The summed E-state index contributed by atoms with van der Waals surface area (Å²) in [5.41, 5.74) is 1.97. The standard InChI is InChI=1S/C22H34FN3O3/c1-4-29-21(27)25-13-10-22(2,16-25)26-11-7-19(8-12-26)24-20-6-5-18(23)15-17(20)9-14-28-3/h5-6,15,19,24H,4,7-14,16H2,1-3H3/t22-/m1/s1. The Morgan fingerprint density at radius 3 is 2.76 bits per heavy atom. The number of ether oxygens (including phenoxy) is 2. The SMILES string of the molecule is CCOC(=O)N1CC[C@@](C)(N2CCC(Nc3ccc(F)cc3CCOC)CC2)C1. The van der Waals surface area contributed by atoms with Crippen LogP contribution in [0.25, 0.3) is 0 Å². The number of hydrogen-bond donors (Lipinski definition) is 1. The van der Waals surface area contributed by atoms with Crippen LogP contribution in [0.15, 0.2) is 18.2 Å². The van der Waals surface area contributed by atoms with Crippen LogP contribution in [0.4, 0.5) is 14.9 Å². The normalized spacial score (nSPS) is 23.4. The van der Waals surface area contributed by atoms with Gasteiger partial charge in [0.25, 0.3) is 0 Å². The molecule has 7 heteroatoms. The minimum absolute atomic E-state index is 0.0111. The molecule has 29 heavy (non-hydrogen) atoms. The van der Waals surface area contributed by atoms with Gasteiger partial charge in [-0.25, -0.2) is 9.18 Å². The number of carbonyl (C=O) groups excluding carboxylic acids is 1. The molecule has 1 N–H and O–H groups in total. The minimum atomic E-state index is -0.211. The van der Waals surface area contributed by atoms with E-state index in [2.05, 4.69) is 17.1 Å². The van der Waals surface area contributed by atoms with Gasteiger partial charge in [-0.2, -0.15) is 0 Å². The minimum Gasteiger partial charge on any atom is -0.450 e. The number of carbonyl (C=O) groups is 1. The van der Waals surface area contributed by atoms with Gasteiger partial charge in [0.1, 0.15) is 5.82 Å². The summed E-state index contributed by atoms with van der Waals surface area (Å²) in [4.78, 5) is 16.4. The number of rotatable bonds is 7. The molecular weight excluding hydrogens is 373 g/mol. The summed E-state index contributed by atoms with van der Waals surface area (Å²) in [6.45, 7) is 8.54. The fraction of sp³-hybridized carbons (Fsp3) is 0.682. The smallest absolute Gasteiger partial charge is 0.409 e. The summed E-state index contributed by atoms with van der Waals surface area (Å²) in [7, 11) is 1.66. The number of methoxy groups -OCH3 is 1. The highest BCUT2D eigenvalue weighted by Gasteiger charge is 2.42. The summed E-state index contributed by atoms with van der Waals surface area (Å²) in [6.07, 6.45) is 3.51. The van der Waals surface area contributed by atoms with Crippen LogP contribution >= 0.6 is 0 Å². The van der Waals surface area contributed by atoms with Crippen molar-refractivity contribution in [1.29, 1.82) is 0 Å². The number of hydrogen-bond acceptors (Lipinski definition) is 5. The molecule has 2 heterocycles. The Morgan fingerprint density at radius 2 is 2.07 bits per heavy atom. The zero-order valence-corrected chi connectivity index (χ0v) is 17.9. The number of amides is 1. The maximum atomic E-state index is 13.6. The van der Waals surface area contributed by atoms with Crippen LogP contribution < -0.4 is 5.32 Å². The maximum absolute atomic E-state index is 13.6. The molecule has 0 spiro atoms. The molecule has 162 valence electrons. The number of nitrogens with one attached hydrogen (secondary N) is 1. The molecule has 0 bridgehead atoms. The Labute approximate surface area is 173 Å². The predicted octanol–water partition coefficient (Wildman–Crippen LogP) is 3.51. The van der Waals surface area contributed by atoms with Crippen LogP contribution in [0.3, 0.4) is 0 Å². The van der Waals surface area contributed by atoms with Crippen LogP contribution in [-0.4, -0.2) is 74.0 Å². The Bertz CT molecular complexity index is 694. The van der Waals surface area contributed by atoms with Crippen LogP contribution in [0.5, 0.6) is 0 Å². The van der Waals surface area contributed by atoms with Gasteiger partial charge in [-0.05, 0) is 63.3 Å². The first-order chi connectivity index (χ1) is 13.9. The van der Waals surface area contributed by atoms with Gasteiger partial charge in [0, 0.05) is 50.6 Å². The monoisotopic (exact) mass is 407 g/mol. The summed E-state index contributed by atoms with van der Waals surface area (Å²) >= 11 is 0. The Kier molecular flexibility index (Phi) is 7.35. The molecule has 1 atom stereocenters. The van der Waals surface area contributed by atoms with Crippen molar-refractivity contribution in [3.63, 3.8) is 0 Å². The van der Waals surface area contributed by atoms with E-state index < -0.39 is 0 Å². The molecule has 2 aliphatic heterocycles. The first-order valence-electron chi connectivity index (χ1n) is 10.7. The highest BCUT2D eigenvalue weighted by atomic mass is 19.1. The lowest BCUT2D eigenvalue weighted by molar-refractivity contribution is 0.0739. The van der Waals surface area contributed by atoms with Gasteiger partial charge in [-0.1, -0.05) is 0 Å². The van der Waals surface area contributed by atoms with Crippen molar-refractivity contribution in [3.8, 4) is 0 Å². The molecule has 0 aromatic heterocycles. The molecule has 2 saturated heterocycles. The first kappa shape index (κ1) is 21.8. The summed E-state index contributed by atoms with van der Waals surface area (Å²) in [6, 6.07) is 5.31. The largest absolute Gasteiger partial charge is 0.450 e. The molecule has 0 saturated carbocycles. The second-order valence-electron chi connectivity index (χ2n) is 8.32. The number of nitrogens with zero attached hydrogens (tertiary/aromatic N) is 2. The average Bonchev–Trinajstić information content (AvgIpc) is 3.12. The van der Waals surface area contributed by atoms with Crippen molar-refractivity contribution < 1.29 is 18.7 Å². The van der Waals surface area contributed by atoms with Gasteiger partial charge in [-0.3, -0.25) is 4.90 Å². The molecule has 0 aliphatic carbocycles.